The first-order valence-electron chi connectivity index (χ1n) is 6.39. The van der Waals surface area contributed by atoms with E-state index < -0.39 is 0 Å². The molecule has 0 saturated heterocycles. The second kappa shape index (κ2) is 3.83. The van der Waals surface area contributed by atoms with Crippen LogP contribution >= 0.6 is 11.6 Å². The van der Waals surface area contributed by atoms with Gasteiger partial charge in [-0.2, -0.15) is 5.10 Å². The maximum Gasteiger partial charge on any atom is 0.186 e. The molecule has 18 heavy (non-hydrogen) atoms. The van der Waals surface area contributed by atoms with Gasteiger partial charge in [-0.15, -0.1) is 0 Å². The molecular weight excluding hydrogens is 248 g/mol. The Labute approximate surface area is 114 Å². The van der Waals surface area contributed by atoms with Crippen LogP contribution in [0, 0.1) is 16.7 Å². The van der Waals surface area contributed by atoms with E-state index in [1.165, 1.54) is 0 Å². The number of ketones is 1. The third kappa shape index (κ3) is 1.63. The van der Waals surface area contributed by atoms with Crippen molar-refractivity contribution >= 4 is 17.4 Å². The minimum absolute atomic E-state index is 0.0247. The Morgan fingerprint density at radius 3 is 2.22 bits per heavy atom. The fourth-order valence-corrected chi connectivity index (χ4v) is 3.18. The van der Waals surface area contributed by atoms with Gasteiger partial charge in [-0.25, -0.2) is 0 Å². The highest BCUT2D eigenvalue weighted by Gasteiger charge is 2.68. The highest BCUT2D eigenvalue weighted by Crippen LogP contribution is 2.69. The zero-order chi connectivity index (χ0) is 13.9. The highest BCUT2D eigenvalue weighted by molar-refractivity contribution is 6.33. The molecule has 0 radical (unpaired) electrons. The van der Waals surface area contributed by atoms with Crippen molar-refractivity contribution in [1.82, 2.24) is 9.78 Å². The predicted octanol–water partition coefficient (Wildman–Crippen LogP) is 3.98. The van der Waals surface area contributed by atoms with E-state index in [4.69, 9.17) is 11.6 Å². The molecule has 1 saturated carbocycles. The standard InChI is InChI=1S/C14H21ClN2O/c1-8(2)17-10(9(15)7-16-17)11(18)12-13(3,4)14(12,5)6/h7-8,12H,1-6H3. The molecule has 4 heteroatoms. The molecule has 1 aliphatic rings. The number of aromatic nitrogens is 2. The Hall–Kier alpha value is -0.830. The molecule has 0 N–H and O–H groups in total. The molecule has 0 aliphatic heterocycles. The summed E-state index contributed by atoms with van der Waals surface area (Å²) in [4.78, 5) is 12.7. The number of halogens is 1. The van der Waals surface area contributed by atoms with Crippen molar-refractivity contribution in [2.75, 3.05) is 0 Å². The van der Waals surface area contributed by atoms with Gasteiger partial charge in [0.05, 0.1) is 11.2 Å². The highest BCUT2D eigenvalue weighted by atomic mass is 35.5. The van der Waals surface area contributed by atoms with Gasteiger partial charge in [0.1, 0.15) is 5.69 Å². The molecule has 0 amide bonds. The van der Waals surface area contributed by atoms with Gasteiger partial charge >= 0.3 is 0 Å². The number of rotatable bonds is 3. The lowest BCUT2D eigenvalue weighted by molar-refractivity contribution is 0.0932. The maximum atomic E-state index is 12.7. The van der Waals surface area contributed by atoms with E-state index in [1.807, 2.05) is 13.8 Å². The van der Waals surface area contributed by atoms with Crippen molar-refractivity contribution in [1.29, 1.82) is 0 Å². The molecule has 0 unspecified atom stereocenters. The number of nitrogens with zero attached hydrogens (tertiary/aromatic N) is 2. The minimum atomic E-state index is 0.0247. The molecular formula is C14H21ClN2O. The maximum absolute atomic E-state index is 12.7. The smallest absolute Gasteiger partial charge is 0.186 e. The SMILES string of the molecule is CC(C)n1ncc(Cl)c1C(=O)C1C(C)(C)C1(C)C. The molecule has 0 bridgehead atoms. The third-order valence-electron chi connectivity index (χ3n) is 4.76. The summed E-state index contributed by atoms with van der Waals surface area (Å²) >= 11 is 6.14. The van der Waals surface area contributed by atoms with Crippen LogP contribution in [0.2, 0.25) is 5.02 Å². The summed E-state index contributed by atoms with van der Waals surface area (Å²) in [7, 11) is 0. The molecule has 3 nitrogen and oxygen atoms in total. The average molecular weight is 269 g/mol. The Morgan fingerprint density at radius 2 is 1.83 bits per heavy atom. The lowest BCUT2D eigenvalue weighted by Crippen LogP contribution is -2.16. The first-order valence-corrected chi connectivity index (χ1v) is 6.77. The molecule has 1 aliphatic carbocycles. The molecule has 0 aromatic carbocycles. The quantitative estimate of drug-likeness (QED) is 0.777. The lowest BCUT2D eigenvalue weighted by atomic mass is 10.0. The van der Waals surface area contributed by atoms with E-state index in [0.717, 1.165) is 0 Å². The number of Topliss-reactive ketones (excluding diaryl/α,β-unsaturated/α-hetero) is 1. The number of hydrogen-bond acceptors (Lipinski definition) is 2. The first-order chi connectivity index (χ1) is 8.12. The van der Waals surface area contributed by atoms with E-state index >= 15 is 0 Å². The van der Waals surface area contributed by atoms with Crippen LogP contribution in [0.1, 0.15) is 58.1 Å². The van der Waals surface area contributed by atoms with Gasteiger partial charge in [-0.3, -0.25) is 9.48 Å². The second-order valence-corrected chi connectivity index (χ2v) is 7.03. The molecule has 1 fully saturated rings. The molecule has 2 rings (SSSR count). The number of carbonyl (C=O) groups excluding carboxylic acids is 1. The van der Waals surface area contributed by atoms with E-state index in [1.54, 1.807) is 10.9 Å². The number of hydrogen-bond donors (Lipinski definition) is 0. The van der Waals surface area contributed by atoms with E-state index in [2.05, 4.69) is 32.8 Å². The van der Waals surface area contributed by atoms with Gasteiger partial charge in [0.2, 0.25) is 0 Å². The van der Waals surface area contributed by atoms with Crippen LogP contribution in [0.3, 0.4) is 0 Å². The lowest BCUT2D eigenvalue weighted by Gasteiger charge is -2.11. The summed E-state index contributed by atoms with van der Waals surface area (Å²) in [5, 5.41) is 4.67. The second-order valence-electron chi connectivity index (χ2n) is 6.62. The predicted molar refractivity (Wildman–Crippen MR) is 73.0 cm³/mol. The first kappa shape index (κ1) is 13.6. The zero-order valence-electron chi connectivity index (χ0n) is 11.9. The van der Waals surface area contributed by atoms with Gasteiger partial charge in [0.25, 0.3) is 0 Å². The normalized spacial score (nSPS) is 21.3. The third-order valence-corrected chi connectivity index (χ3v) is 5.03. The van der Waals surface area contributed by atoms with Crippen molar-refractivity contribution in [3.8, 4) is 0 Å². The van der Waals surface area contributed by atoms with E-state index in [0.29, 0.717) is 10.7 Å². The molecule has 100 valence electrons. The van der Waals surface area contributed by atoms with Gasteiger partial charge in [-0.05, 0) is 24.7 Å². The summed E-state index contributed by atoms with van der Waals surface area (Å²) in [5.74, 6) is 0.151. The zero-order valence-corrected chi connectivity index (χ0v) is 12.7. The van der Waals surface area contributed by atoms with Crippen molar-refractivity contribution in [2.24, 2.45) is 16.7 Å². The summed E-state index contributed by atoms with van der Waals surface area (Å²) in [6, 6.07) is 0.140. The van der Waals surface area contributed by atoms with Gasteiger partial charge < -0.3 is 0 Å². The molecule has 1 aromatic heterocycles. The van der Waals surface area contributed by atoms with E-state index in [9.17, 15) is 4.79 Å². The van der Waals surface area contributed by atoms with Crippen LogP contribution in [-0.2, 0) is 0 Å². The summed E-state index contributed by atoms with van der Waals surface area (Å²) in [6.07, 6.45) is 1.57. The van der Waals surface area contributed by atoms with Crippen LogP contribution in [0.5, 0.6) is 0 Å². The Kier molecular flexibility index (Phi) is 2.89. The summed E-state index contributed by atoms with van der Waals surface area (Å²) in [6.45, 7) is 12.6. The molecule has 1 aromatic rings. The largest absolute Gasteiger partial charge is 0.292 e. The molecule has 1 heterocycles. The van der Waals surface area contributed by atoms with Crippen molar-refractivity contribution < 1.29 is 4.79 Å². The summed E-state index contributed by atoms with van der Waals surface area (Å²) < 4.78 is 1.73. The molecule has 0 atom stereocenters. The average Bonchev–Trinajstić information content (AvgIpc) is 2.56. The van der Waals surface area contributed by atoms with E-state index in [-0.39, 0.29) is 28.6 Å². The van der Waals surface area contributed by atoms with Crippen molar-refractivity contribution in [3.05, 3.63) is 16.9 Å². The molecule has 0 spiro atoms. The van der Waals surface area contributed by atoms with Crippen LogP contribution < -0.4 is 0 Å². The van der Waals surface area contributed by atoms with Crippen molar-refractivity contribution in [3.63, 3.8) is 0 Å². The van der Waals surface area contributed by atoms with Gasteiger partial charge in [0, 0.05) is 12.0 Å². The fraction of sp³-hybridized carbons (Fsp3) is 0.714. The summed E-state index contributed by atoms with van der Waals surface area (Å²) in [5.41, 5.74) is 0.620. The number of carbonyl (C=O) groups is 1. The van der Waals surface area contributed by atoms with Crippen LogP contribution in [-0.4, -0.2) is 15.6 Å². The van der Waals surface area contributed by atoms with Gasteiger partial charge in [-0.1, -0.05) is 39.3 Å². The Morgan fingerprint density at radius 1 is 1.33 bits per heavy atom. The topological polar surface area (TPSA) is 34.9 Å². The van der Waals surface area contributed by atoms with Gasteiger partial charge in [0.15, 0.2) is 5.78 Å². The Balaban J connectivity index is 2.40. The van der Waals surface area contributed by atoms with Crippen molar-refractivity contribution in [2.45, 2.75) is 47.6 Å². The monoisotopic (exact) mass is 268 g/mol. The fourth-order valence-electron chi connectivity index (χ4n) is 2.95. The van der Waals surface area contributed by atoms with Crippen LogP contribution in [0.15, 0.2) is 6.20 Å². The van der Waals surface area contributed by atoms with Crippen LogP contribution in [0.4, 0.5) is 0 Å². The Bertz CT molecular complexity index is 486. The van der Waals surface area contributed by atoms with Crippen LogP contribution in [0.25, 0.3) is 0 Å². The minimum Gasteiger partial charge on any atom is -0.292 e.